The van der Waals surface area contributed by atoms with Gasteiger partial charge >= 0.3 is 5.97 Å². The van der Waals surface area contributed by atoms with Crippen molar-refractivity contribution < 1.29 is 19.4 Å². The van der Waals surface area contributed by atoms with E-state index in [-0.39, 0.29) is 6.10 Å². The second kappa shape index (κ2) is 7.01. The third-order valence-corrected chi connectivity index (χ3v) is 2.39. The second-order valence-electron chi connectivity index (χ2n) is 4.26. The summed E-state index contributed by atoms with van der Waals surface area (Å²) in [5.41, 5.74) is 0.854. The van der Waals surface area contributed by atoms with Crippen molar-refractivity contribution in [3.05, 3.63) is 29.8 Å². The van der Waals surface area contributed by atoms with Crippen LogP contribution in [0.4, 0.5) is 0 Å². The lowest BCUT2D eigenvalue weighted by atomic mass is 10.1. The number of para-hydroxylation sites is 1. The topological polar surface area (TPSA) is 55.8 Å². The monoisotopic (exact) mass is 252 g/mol. The van der Waals surface area contributed by atoms with Crippen molar-refractivity contribution >= 4 is 5.97 Å². The maximum atomic E-state index is 11.1. The molecule has 1 rings (SSSR count). The Bertz CT molecular complexity index is 387. The number of carboxylic acid groups (broad SMARTS) is 1. The van der Waals surface area contributed by atoms with Gasteiger partial charge in [0, 0.05) is 6.42 Å². The molecule has 0 radical (unpaired) electrons. The van der Waals surface area contributed by atoms with Gasteiger partial charge in [0.05, 0.1) is 12.7 Å². The molecular weight excluding hydrogens is 232 g/mol. The third kappa shape index (κ3) is 4.37. The zero-order valence-corrected chi connectivity index (χ0v) is 11.1. The number of hydrogen-bond acceptors (Lipinski definition) is 3. The zero-order valence-electron chi connectivity index (χ0n) is 11.1. The SMILES string of the molecule is CCOc1ccccc1C[C@@H](OC(C)C)C(=O)O. The van der Waals surface area contributed by atoms with E-state index in [9.17, 15) is 4.79 Å². The zero-order chi connectivity index (χ0) is 13.5. The van der Waals surface area contributed by atoms with Gasteiger partial charge in [-0.1, -0.05) is 18.2 Å². The molecule has 0 saturated heterocycles. The number of carbonyl (C=O) groups is 1. The Morgan fingerprint density at radius 1 is 1.33 bits per heavy atom. The lowest BCUT2D eigenvalue weighted by Crippen LogP contribution is -2.29. The Labute approximate surface area is 108 Å². The predicted octanol–water partition coefficient (Wildman–Crippen LogP) is 2.51. The Hall–Kier alpha value is -1.55. The molecule has 0 fully saturated rings. The molecule has 0 amide bonds. The number of benzene rings is 1. The molecule has 0 bridgehead atoms. The van der Waals surface area contributed by atoms with E-state index >= 15 is 0 Å². The average Bonchev–Trinajstić information content (AvgIpc) is 2.30. The van der Waals surface area contributed by atoms with Gasteiger partial charge in [-0.15, -0.1) is 0 Å². The van der Waals surface area contributed by atoms with Gasteiger partial charge < -0.3 is 14.6 Å². The van der Waals surface area contributed by atoms with E-state index in [1.807, 2.05) is 45.0 Å². The molecular formula is C14H20O4. The first-order chi connectivity index (χ1) is 8.54. The number of ether oxygens (including phenoxy) is 2. The van der Waals surface area contributed by atoms with Crippen LogP contribution in [-0.4, -0.2) is 29.9 Å². The third-order valence-electron chi connectivity index (χ3n) is 2.39. The maximum absolute atomic E-state index is 11.1. The Morgan fingerprint density at radius 3 is 2.56 bits per heavy atom. The van der Waals surface area contributed by atoms with Gasteiger partial charge in [0.2, 0.25) is 0 Å². The fraction of sp³-hybridized carbons (Fsp3) is 0.500. The van der Waals surface area contributed by atoms with Crippen LogP contribution in [0.3, 0.4) is 0 Å². The van der Waals surface area contributed by atoms with Crippen molar-refractivity contribution in [2.45, 2.75) is 39.4 Å². The highest BCUT2D eigenvalue weighted by molar-refractivity contribution is 5.73. The molecule has 0 heterocycles. The Morgan fingerprint density at radius 2 is 2.00 bits per heavy atom. The molecule has 0 saturated carbocycles. The van der Waals surface area contributed by atoms with Crippen molar-refractivity contribution in [1.82, 2.24) is 0 Å². The number of carboxylic acids is 1. The van der Waals surface area contributed by atoms with Gasteiger partial charge in [0.1, 0.15) is 5.75 Å². The van der Waals surface area contributed by atoms with Crippen LogP contribution < -0.4 is 4.74 Å². The van der Waals surface area contributed by atoms with Crippen LogP contribution in [0.2, 0.25) is 0 Å². The summed E-state index contributed by atoms with van der Waals surface area (Å²) >= 11 is 0. The van der Waals surface area contributed by atoms with E-state index in [0.717, 1.165) is 11.3 Å². The molecule has 0 spiro atoms. The molecule has 0 aliphatic carbocycles. The molecule has 18 heavy (non-hydrogen) atoms. The minimum atomic E-state index is -0.949. The van der Waals surface area contributed by atoms with Gasteiger partial charge in [0.25, 0.3) is 0 Å². The number of aliphatic carboxylic acids is 1. The minimum absolute atomic E-state index is 0.120. The van der Waals surface area contributed by atoms with E-state index < -0.39 is 12.1 Å². The second-order valence-corrected chi connectivity index (χ2v) is 4.26. The normalized spacial score (nSPS) is 12.4. The van der Waals surface area contributed by atoms with E-state index in [2.05, 4.69) is 0 Å². The molecule has 0 aliphatic rings. The van der Waals surface area contributed by atoms with E-state index in [1.54, 1.807) is 0 Å². The van der Waals surface area contributed by atoms with Crippen molar-refractivity contribution in [1.29, 1.82) is 0 Å². The number of hydrogen-bond donors (Lipinski definition) is 1. The highest BCUT2D eigenvalue weighted by Gasteiger charge is 2.21. The Balaban J connectivity index is 2.82. The van der Waals surface area contributed by atoms with Gasteiger partial charge in [-0.05, 0) is 32.4 Å². The minimum Gasteiger partial charge on any atom is -0.494 e. The summed E-state index contributed by atoms with van der Waals surface area (Å²) in [5.74, 6) is -0.228. The summed E-state index contributed by atoms with van der Waals surface area (Å²) in [4.78, 5) is 11.1. The van der Waals surface area contributed by atoms with Crippen LogP contribution in [0.15, 0.2) is 24.3 Å². The molecule has 4 nitrogen and oxygen atoms in total. The van der Waals surface area contributed by atoms with Gasteiger partial charge in [-0.2, -0.15) is 0 Å². The van der Waals surface area contributed by atoms with Crippen LogP contribution in [0, 0.1) is 0 Å². The summed E-state index contributed by atoms with van der Waals surface area (Å²) in [6.45, 7) is 6.10. The standard InChI is InChI=1S/C14H20O4/c1-4-17-12-8-6-5-7-11(12)9-13(14(15)16)18-10(2)3/h5-8,10,13H,4,9H2,1-3H3,(H,15,16)/t13-/m1/s1. The van der Waals surface area contributed by atoms with Crippen molar-refractivity contribution in [3.63, 3.8) is 0 Å². The summed E-state index contributed by atoms with van der Waals surface area (Å²) in [5, 5.41) is 9.14. The first kappa shape index (κ1) is 14.5. The Kier molecular flexibility index (Phi) is 5.65. The molecule has 0 aliphatic heterocycles. The number of rotatable bonds is 7. The van der Waals surface area contributed by atoms with Gasteiger partial charge in [0.15, 0.2) is 6.10 Å². The molecule has 4 heteroatoms. The average molecular weight is 252 g/mol. The molecule has 1 aromatic rings. The van der Waals surface area contributed by atoms with Crippen LogP contribution in [0.5, 0.6) is 5.75 Å². The van der Waals surface area contributed by atoms with Gasteiger partial charge in [-0.25, -0.2) is 4.79 Å². The van der Waals surface area contributed by atoms with Crippen LogP contribution >= 0.6 is 0 Å². The molecule has 100 valence electrons. The first-order valence-corrected chi connectivity index (χ1v) is 6.13. The molecule has 1 N–H and O–H groups in total. The summed E-state index contributed by atoms with van der Waals surface area (Å²) in [6.07, 6.45) is -0.652. The van der Waals surface area contributed by atoms with Crippen molar-refractivity contribution in [3.8, 4) is 5.75 Å². The predicted molar refractivity (Wildman–Crippen MR) is 69.0 cm³/mol. The lowest BCUT2D eigenvalue weighted by molar-refractivity contribution is -0.153. The summed E-state index contributed by atoms with van der Waals surface area (Å²) in [7, 11) is 0. The fourth-order valence-electron chi connectivity index (χ4n) is 1.69. The lowest BCUT2D eigenvalue weighted by Gasteiger charge is -2.18. The summed E-state index contributed by atoms with van der Waals surface area (Å²) in [6, 6.07) is 7.44. The molecule has 0 aromatic heterocycles. The molecule has 0 unspecified atom stereocenters. The molecule has 1 aromatic carbocycles. The largest absolute Gasteiger partial charge is 0.494 e. The fourth-order valence-corrected chi connectivity index (χ4v) is 1.69. The van der Waals surface area contributed by atoms with E-state index in [4.69, 9.17) is 14.6 Å². The van der Waals surface area contributed by atoms with E-state index in [1.165, 1.54) is 0 Å². The first-order valence-electron chi connectivity index (χ1n) is 6.13. The quantitative estimate of drug-likeness (QED) is 0.810. The smallest absolute Gasteiger partial charge is 0.333 e. The highest BCUT2D eigenvalue weighted by Crippen LogP contribution is 2.21. The molecule has 1 atom stereocenters. The summed E-state index contributed by atoms with van der Waals surface area (Å²) < 4.78 is 10.9. The van der Waals surface area contributed by atoms with Crippen LogP contribution in [-0.2, 0) is 16.0 Å². The highest BCUT2D eigenvalue weighted by atomic mass is 16.5. The van der Waals surface area contributed by atoms with Gasteiger partial charge in [-0.3, -0.25) is 0 Å². The van der Waals surface area contributed by atoms with Crippen molar-refractivity contribution in [2.75, 3.05) is 6.61 Å². The van der Waals surface area contributed by atoms with Crippen LogP contribution in [0.25, 0.3) is 0 Å². The maximum Gasteiger partial charge on any atom is 0.333 e. The van der Waals surface area contributed by atoms with E-state index in [0.29, 0.717) is 13.0 Å². The van der Waals surface area contributed by atoms with Crippen molar-refractivity contribution in [2.24, 2.45) is 0 Å². The van der Waals surface area contributed by atoms with Crippen LogP contribution in [0.1, 0.15) is 26.3 Å².